The minimum atomic E-state index is -1.53. The Bertz CT molecular complexity index is 737. The van der Waals surface area contributed by atoms with E-state index in [0.29, 0.717) is 0 Å². The molecule has 0 aliphatic heterocycles. The van der Waals surface area contributed by atoms with Gasteiger partial charge in [0, 0.05) is 12.8 Å². The summed E-state index contributed by atoms with van der Waals surface area (Å²) in [6.07, 6.45) is 0.234. The monoisotopic (exact) mass is 422 g/mol. The van der Waals surface area contributed by atoms with Crippen molar-refractivity contribution in [3.8, 4) is 0 Å². The number of hydrogen-bond donors (Lipinski definition) is 3. The highest BCUT2D eigenvalue weighted by Crippen LogP contribution is 2.11. The van der Waals surface area contributed by atoms with Gasteiger partial charge in [-0.1, -0.05) is 49.1 Å². The molecule has 4 N–H and O–H groups in total. The third kappa shape index (κ3) is 9.23. The summed E-state index contributed by atoms with van der Waals surface area (Å²) < 4.78 is 5.19. The van der Waals surface area contributed by atoms with Gasteiger partial charge < -0.3 is 20.9 Å². The Hall–Kier alpha value is -2.19. The second-order valence-electron chi connectivity index (χ2n) is 9.29. The third-order valence-electron chi connectivity index (χ3n) is 4.26. The molecule has 162 valence electrons. The number of rotatable bonds is 9. The Labute approximate surface area is 174 Å². The van der Waals surface area contributed by atoms with E-state index in [1.807, 2.05) is 18.2 Å². The number of nitrogens with two attached hydrogens (primary N) is 1. The van der Waals surface area contributed by atoms with Crippen LogP contribution in [0.15, 0.2) is 24.3 Å². The zero-order chi connectivity index (χ0) is 22.4. The Morgan fingerprint density at radius 3 is 2.34 bits per heavy atom. The Morgan fingerprint density at radius 1 is 1.21 bits per heavy atom. The fourth-order valence-corrected chi connectivity index (χ4v) is 3.89. The molecule has 0 spiro atoms. The number of carbonyl (C=O) groups excluding carboxylic acids is 2. The molecule has 1 rings (SSSR count). The summed E-state index contributed by atoms with van der Waals surface area (Å²) in [5.41, 5.74) is 6.08. The van der Waals surface area contributed by atoms with Crippen molar-refractivity contribution in [2.45, 2.75) is 77.4 Å². The van der Waals surface area contributed by atoms with Crippen LogP contribution in [0.5, 0.6) is 0 Å². The van der Waals surface area contributed by atoms with Crippen LogP contribution in [0.2, 0.25) is 19.6 Å². The van der Waals surface area contributed by atoms with E-state index in [9.17, 15) is 19.5 Å². The van der Waals surface area contributed by atoms with Gasteiger partial charge in [0.05, 0.1) is 14.1 Å². The van der Waals surface area contributed by atoms with E-state index in [4.69, 9.17) is 10.5 Å². The van der Waals surface area contributed by atoms with Gasteiger partial charge in [-0.2, -0.15) is 0 Å². The minimum absolute atomic E-state index is 0.0121. The van der Waals surface area contributed by atoms with Crippen molar-refractivity contribution >= 4 is 31.1 Å². The van der Waals surface area contributed by atoms with Crippen LogP contribution in [0.3, 0.4) is 0 Å². The molecular weight excluding hydrogens is 388 g/mol. The van der Waals surface area contributed by atoms with E-state index < -0.39 is 43.6 Å². The van der Waals surface area contributed by atoms with Crippen LogP contribution in [-0.4, -0.2) is 48.7 Å². The molecular formula is C21H34N2O5Si. The molecule has 0 aliphatic carbocycles. The normalized spacial score (nSPS) is 14.0. The molecule has 7 nitrogen and oxygen atoms in total. The van der Waals surface area contributed by atoms with Crippen molar-refractivity contribution in [3.05, 3.63) is 29.8 Å². The highest BCUT2D eigenvalue weighted by Gasteiger charge is 2.25. The highest BCUT2D eigenvalue weighted by atomic mass is 28.3. The Morgan fingerprint density at radius 2 is 1.83 bits per heavy atom. The first-order valence-electron chi connectivity index (χ1n) is 9.79. The van der Waals surface area contributed by atoms with Crippen molar-refractivity contribution in [1.29, 1.82) is 0 Å². The van der Waals surface area contributed by atoms with Gasteiger partial charge in [0.1, 0.15) is 11.6 Å². The number of hydrogen-bond acceptors (Lipinski definition) is 5. The molecule has 0 aromatic heterocycles. The molecule has 1 aromatic carbocycles. The smallest absolute Gasteiger partial charge is 0.326 e. The minimum Gasteiger partial charge on any atom is -0.480 e. The first-order valence-corrected chi connectivity index (χ1v) is 13.3. The van der Waals surface area contributed by atoms with Crippen molar-refractivity contribution < 1.29 is 24.2 Å². The van der Waals surface area contributed by atoms with Gasteiger partial charge in [-0.05, 0) is 32.8 Å². The van der Waals surface area contributed by atoms with E-state index in [1.54, 1.807) is 20.8 Å². The summed E-state index contributed by atoms with van der Waals surface area (Å²) in [5.74, 6) is -2.17. The van der Waals surface area contributed by atoms with Gasteiger partial charge in [0.15, 0.2) is 0 Å². The maximum atomic E-state index is 12.3. The summed E-state index contributed by atoms with van der Waals surface area (Å²) in [6.45, 7) is 11.9. The first-order chi connectivity index (χ1) is 13.2. The topological polar surface area (TPSA) is 119 Å². The lowest BCUT2D eigenvalue weighted by Gasteiger charge is -2.21. The van der Waals surface area contributed by atoms with Crippen LogP contribution < -0.4 is 16.2 Å². The van der Waals surface area contributed by atoms with Gasteiger partial charge in [-0.25, -0.2) is 4.79 Å². The van der Waals surface area contributed by atoms with Gasteiger partial charge >= 0.3 is 11.9 Å². The molecule has 0 saturated heterocycles. The van der Waals surface area contributed by atoms with Crippen LogP contribution in [0, 0.1) is 0 Å². The molecule has 29 heavy (non-hydrogen) atoms. The van der Waals surface area contributed by atoms with E-state index in [2.05, 4.69) is 31.0 Å². The molecule has 0 saturated carbocycles. The average molecular weight is 423 g/mol. The summed E-state index contributed by atoms with van der Waals surface area (Å²) in [5, 5.41) is 13.2. The fraction of sp³-hybridized carbons (Fsp3) is 0.571. The standard InChI is InChI=1S/C21H34N2O5Si/c1-21(2,3)28-18(24)11-10-16(22)19(25)23-17(20(26)27)13-14-8-7-9-15(12-14)29(4,5)6/h7-9,12,16-17H,10-11,13,22H2,1-6H3,(H,23,25)(H,26,27)/t16-,17-/m0/s1. The molecule has 0 unspecified atom stereocenters. The lowest BCUT2D eigenvalue weighted by molar-refractivity contribution is -0.155. The number of carbonyl (C=O) groups is 3. The third-order valence-corrected chi connectivity index (χ3v) is 6.31. The first kappa shape index (κ1) is 24.8. The lowest BCUT2D eigenvalue weighted by Crippen LogP contribution is -2.49. The summed E-state index contributed by atoms with van der Waals surface area (Å²) in [7, 11) is -1.53. The maximum Gasteiger partial charge on any atom is 0.326 e. The zero-order valence-electron chi connectivity index (χ0n) is 18.2. The fourth-order valence-electron chi connectivity index (χ4n) is 2.68. The molecule has 0 bridgehead atoms. The van der Waals surface area contributed by atoms with Crippen molar-refractivity contribution in [3.63, 3.8) is 0 Å². The van der Waals surface area contributed by atoms with Crippen LogP contribution in [-0.2, 0) is 25.5 Å². The number of carboxylic acid groups (broad SMARTS) is 1. The number of carboxylic acids is 1. The largest absolute Gasteiger partial charge is 0.480 e. The second kappa shape index (κ2) is 10.0. The predicted octanol–water partition coefficient (Wildman–Crippen LogP) is 1.79. The lowest BCUT2D eigenvalue weighted by atomic mass is 10.0. The molecule has 0 heterocycles. The maximum absolute atomic E-state index is 12.3. The van der Waals surface area contributed by atoms with Crippen molar-refractivity contribution in [1.82, 2.24) is 5.32 Å². The SMILES string of the molecule is CC(C)(C)OC(=O)CC[C@H](N)C(=O)N[C@@H](Cc1cccc([Si](C)(C)C)c1)C(=O)O. The number of nitrogens with one attached hydrogen (secondary N) is 1. The number of aliphatic carboxylic acids is 1. The zero-order valence-corrected chi connectivity index (χ0v) is 19.2. The number of amides is 1. The van der Waals surface area contributed by atoms with Crippen LogP contribution in [0.25, 0.3) is 0 Å². The molecule has 0 aliphatic rings. The summed E-state index contributed by atoms with van der Waals surface area (Å²) >= 11 is 0. The molecule has 8 heteroatoms. The second-order valence-corrected chi connectivity index (χ2v) is 14.4. The molecule has 2 atom stereocenters. The van der Waals surface area contributed by atoms with Crippen LogP contribution in [0.1, 0.15) is 39.2 Å². The van der Waals surface area contributed by atoms with Gasteiger partial charge in [0.25, 0.3) is 0 Å². The van der Waals surface area contributed by atoms with E-state index in [1.165, 1.54) is 5.19 Å². The molecule has 1 amide bonds. The predicted molar refractivity (Wildman–Crippen MR) is 116 cm³/mol. The number of benzene rings is 1. The molecule has 0 radical (unpaired) electrons. The Balaban J connectivity index is 2.70. The quantitative estimate of drug-likeness (QED) is 0.412. The van der Waals surface area contributed by atoms with Crippen LogP contribution in [0.4, 0.5) is 0 Å². The van der Waals surface area contributed by atoms with Crippen molar-refractivity contribution in [2.24, 2.45) is 5.73 Å². The average Bonchev–Trinajstić information content (AvgIpc) is 2.56. The summed E-state index contributed by atoms with van der Waals surface area (Å²) in [6, 6.07) is 5.75. The van der Waals surface area contributed by atoms with Gasteiger partial charge in [-0.3, -0.25) is 9.59 Å². The molecule has 1 aromatic rings. The number of ether oxygens (including phenoxy) is 1. The highest BCUT2D eigenvalue weighted by molar-refractivity contribution is 6.88. The van der Waals surface area contributed by atoms with Crippen molar-refractivity contribution in [2.75, 3.05) is 0 Å². The molecule has 0 fully saturated rings. The van der Waals surface area contributed by atoms with Gasteiger partial charge in [-0.15, -0.1) is 0 Å². The van der Waals surface area contributed by atoms with Crippen LogP contribution >= 0.6 is 0 Å². The van der Waals surface area contributed by atoms with Gasteiger partial charge in [0.2, 0.25) is 5.91 Å². The van der Waals surface area contributed by atoms with E-state index in [0.717, 1.165) is 5.56 Å². The Kier molecular flexibility index (Phi) is 8.59. The van der Waals surface area contributed by atoms with E-state index >= 15 is 0 Å². The van der Waals surface area contributed by atoms with E-state index in [-0.39, 0.29) is 19.3 Å². The number of esters is 1. The summed E-state index contributed by atoms with van der Waals surface area (Å²) in [4.78, 5) is 35.7.